The van der Waals surface area contributed by atoms with Gasteiger partial charge < -0.3 is 10.1 Å². The quantitative estimate of drug-likeness (QED) is 0.803. The monoisotopic (exact) mass is 225 g/mol. The molecule has 90 valence electrons. The average Bonchev–Trinajstić information content (AvgIpc) is 2.24. The van der Waals surface area contributed by atoms with E-state index >= 15 is 0 Å². The molecule has 1 atom stereocenters. The van der Waals surface area contributed by atoms with Gasteiger partial charge in [-0.3, -0.25) is 0 Å². The molecule has 1 rings (SSSR count). The van der Waals surface area contributed by atoms with Crippen molar-refractivity contribution in [2.45, 2.75) is 20.4 Å². The molecule has 16 heavy (non-hydrogen) atoms. The first kappa shape index (κ1) is 13.1. The van der Waals surface area contributed by atoms with Crippen molar-refractivity contribution in [1.29, 1.82) is 0 Å². The van der Waals surface area contributed by atoms with Gasteiger partial charge in [-0.2, -0.15) is 0 Å². The Bertz CT molecular complexity index is 328. The van der Waals surface area contributed by atoms with Crippen LogP contribution in [0.4, 0.5) is 4.39 Å². The van der Waals surface area contributed by atoms with Gasteiger partial charge >= 0.3 is 0 Å². The molecule has 0 spiro atoms. The van der Waals surface area contributed by atoms with Crippen LogP contribution in [0.5, 0.6) is 0 Å². The highest BCUT2D eigenvalue weighted by Gasteiger charge is 2.02. The molecule has 0 aliphatic carbocycles. The van der Waals surface area contributed by atoms with E-state index in [9.17, 15) is 4.39 Å². The van der Waals surface area contributed by atoms with Crippen molar-refractivity contribution in [2.24, 2.45) is 5.92 Å². The highest BCUT2D eigenvalue weighted by atomic mass is 19.1. The van der Waals surface area contributed by atoms with Gasteiger partial charge in [0.25, 0.3) is 0 Å². The van der Waals surface area contributed by atoms with Crippen LogP contribution in [0.25, 0.3) is 0 Å². The number of benzene rings is 1. The van der Waals surface area contributed by atoms with E-state index in [0.717, 1.165) is 25.3 Å². The lowest BCUT2D eigenvalue weighted by atomic mass is 10.1. The smallest absolute Gasteiger partial charge is 0.126 e. The van der Waals surface area contributed by atoms with E-state index in [1.807, 2.05) is 12.1 Å². The largest absolute Gasteiger partial charge is 0.384 e. The summed E-state index contributed by atoms with van der Waals surface area (Å²) in [6.45, 7) is 6.35. The fourth-order valence-corrected chi connectivity index (χ4v) is 1.62. The normalized spacial score (nSPS) is 12.8. The van der Waals surface area contributed by atoms with Crippen molar-refractivity contribution < 1.29 is 9.13 Å². The Morgan fingerprint density at radius 1 is 1.44 bits per heavy atom. The van der Waals surface area contributed by atoms with E-state index in [0.29, 0.717) is 11.5 Å². The molecule has 0 heterocycles. The van der Waals surface area contributed by atoms with Crippen molar-refractivity contribution in [3.8, 4) is 0 Å². The van der Waals surface area contributed by atoms with E-state index in [1.165, 1.54) is 6.07 Å². The fourth-order valence-electron chi connectivity index (χ4n) is 1.62. The van der Waals surface area contributed by atoms with Crippen LogP contribution < -0.4 is 5.32 Å². The molecule has 1 aromatic rings. The summed E-state index contributed by atoms with van der Waals surface area (Å²) in [4.78, 5) is 0. The number of rotatable bonds is 6. The predicted octanol–water partition coefficient (Wildman–Crippen LogP) is 2.51. The summed E-state index contributed by atoms with van der Waals surface area (Å²) in [5.74, 6) is 0.350. The van der Waals surface area contributed by atoms with Crippen LogP contribution in [0.3, 0.4) is 0 Å². The van der Waals surface area contributed by atoms with Gasteiger partial charge in [0.1, 0.15) is 5.82 Å². The van der Waals surface area contributed by atoms with Crippen LogP contribution in [0, 0.1) is 18.7 Å². The van der Waals surface area contributed by atoms with E-state index in [4.69, 9.17) is 4.74 Å². The Kier molecular flexibility index (Phi) is 5.43. The second-order valence-electron chi connectivity index (χ2n) is 4.27. The third-order valence-electron chi connectivity index (χ3n) is 2.50. The number of nitrogens with one attached hydrogen (secondary N) is 1. The maximum absolute atomic E-state index is 13.0. The number of halogens is 1. The topological polar surface area (TPSA) is 21.3 Å². The molecule has 0 saturated carbocycles. The number of aryl methyl sites for hydroxylation is 1. The Labute approximate surface area is 96.8 Å². The Hall–Kier alpha value is -0.930. The number of hydrogen-bond donors (Lipinski definition) is 1. The number of ether oxygens (including phenoxy) is 1. The molecule has 3 heteroatoms. The minimum Gasteiger partial charge on any atom is -0.384 e. The molecule has 0 radical (unpaired) electrons. The first-order valence-electron chi connectivity index (χ1n) is 5.58. The maximum atomic E-state index is 13.0. The minimum absolute atomic E-state index is 0.142. The van der Waals surface area contributed by atoms with Crippen molar-refractivity contribution in [3.05, 3.63) is 35.1 Å². The molecule has 1 aromatic carbocycles. The Balaban J connectivity index is 2.34. The molecular weight excluding hydrogens is 205 g/mol. The Morgan fingerprint density at radius 2 is 2.19 bits per heavy atom. The fraction of sp³-hybridized carbons (Fsp3) is 0.538. The second kappa shape index (κ2) is 6.61. The van der Waals surface area contributed by atoms with Gasteiger partial charge in [-0.25, -0.2) is 4.39 Å². The van der Waals surface area contributed by atoms with Crippen molar-refractivity contribution in [2.75, 3.05) is 20.3 Å². The zero-order valence-electron chi connectivity index (χ0n) is 10.2. The molecule has 0 fully saturated rings. The van der Waals surface area contributed by atoms with Gasteiger partial charge in [-0.05, 0) is 30.0 Å². The number of hydrogen-bond acceptors (Lipinski definition) is 2. The first-order chi connectivity index (χ1) is 7.63. The second-order valence-corrected chi connectivity index (χ2v) is 4.27. The van der Waals surface area contributed by atoms with E-state index < -0.39 is 0 Å². The molecule has 0 aromatic heterocycles. The van der Waals surface area contributed by atoms with Crippen LogP contribution in [0.1, 0.15) is 18.1 Å². The lowest BCUT2D eigenvalue weighted by molar-refractivity contribution is 0.158. The van der Waals surface area contributed by atoms with E-state index in [1.54, 1.807) is 14.0 Å². The summed E-state index contributed by atoms with van der Waals surface area (Å²) >= 11 is 0. The van der Waals surface area contributed by atoms with Crippen LogP contribution in [-0.2, 0) is 11.3 Å². The van der Waals surface area contributed by atoms with E-state index in [-0.39, 0.29) is 5.82 Å². The average molecular weight is 225 g/mol. The van der Waals surface area contributed by atoms with Crippen molar-refractivity contribution in [1.82, 2.24) is 5.32 Å². The SMILES string of the molecule is COCC(C)CNCc1ccc(F)c(C)c1. The summed E-state index contributed by atoms with van der Waals surface area (Å²) in [7, 11) is 1.71. The summed E-state index contributed by atoms with van der Waals surface area (Å²) in [5, 5.41) is 3.33. The lowest BCUT2D eigenvalue weighted by Gasteiger charge is -2.11. The zero-order valence-corrected chi connectivity index (χ0v) is 10.2. The standard InChI is InChI=1S/C13H20FNO/c1-10(9-16-3)7-15-8-12-4-5-13(14)11(2)6-12/h4-6,10,15H,7-9H2,1-3H3. The van der Waals surface area contributed by atoms with Crippen LogP contribution >= 0.6 is 0 Å². The van der Waals surface area contributed by atoms with Gasteiger partial charge in [0.15, 0.2) is 0 Å². The molecule has 1 unspecified atom stereocenters. The summed E-state index contributed by atoms with van der Waals surface area (Å²) in [6.07, 6.45) is 0. The zero-order chi connectivity index (χ0) is 12.0. The van der Waals surface area contributed by atoms with Crippen LogP contribution in [0.2, 0.25) is 0 Å². The van der Waals surface area contributed by atoms with Gasteiger partial charge in [0.2, 0.25) is 0 Å². The molecular formula is C13H20FNO. The molecule has 0 amide bonds. The molecule has 0 aliphatic heterocycles. The highest BCUT2D eigenvalue weighted by molar-refractivity contribution is 5.23. The molecule has 0 bridgehead atoms. The summed E-state index contributed by atoms with van der Waals surface area (Å²) in [6, 6.07) is 5.21. The van der Waals surface area contributed by atoms with Gasteiger partial charge in [0, 0.05) is 26.8 Å². The van der Waals surface area contributed by atoms with Gasteiger partial charge in [-0.1, -0.05) is 19.1 Å². The first-order valence-corrected chi connectivity index (χ1v) is 5.58. The molecule has 0 aliphatic rings. The molecule has 2 nitrogen and oxygen atoms in total. The van der Waals surface area contributed by atoms with Crippen LogP contribution in [0.15, 0.2) is 18.2 Å². The third kappa shape index (κ3) is 4.29. The molecule has 1 N–H and O–H groups in total. The molecule has 0 saturated heterocycles. The Morgan fingerprint density at radius 3 is 2.81 bits per heavy atom. The lowest BCUT2D eigenvalue weighted by Crippen LogP contribution is -2.23. The van der Waals surface area contributed by atoms with Gasteiger partial charge in [-0.15, -0.1) is 0 Å². The minimum atomic E-state index is -0.142. The third-order valence-corrected chi connectivity index (χ3v) is 2.50. The summed E-state index contributed by atoms with van der Waals surface area (Å²) in [5.41, 5.74) is 1.81. The van der Waals surface area contributed by atoms with Crippen molar-refractivity contribution in [3.63, 3.8) is 0 Å². The summed E-state index contributed by atoms with van der Waals surface area (Å²) < 4.78 is 18.1. The van der Waals surface area contributed by atoms with Crippen molar-refractivity contribution >= 4 is 0 Å². The number of methoxy groups -OCH3 is 1. The predicted molar refractivity (Wildman–Crippen MR) is 63.9 cm³/mol. The van der Waals surface area contributed by atoms with Gasteiger partial charge in [0.05, 0.1) is 0 Å². The van der Waals surface area contributed by atoms with E-state index in [2.05, 4.69) is 12.2 Å². The van der Waals surface area contributed by atoms with Crippen LogP contribution in [-0.4, -0.2) is 20.3 Å². The maximum Gasteiger partial charge on any atom is 0.126 e. The highest BCUT2D eigenvalue weighted by Crippen LogP contribution is 2.08.